The largest absolute Gasteiger partial charge is 0.383 e. The van der Waals surface area contributed by atoms with E-state index in [-0.39, 0.29) is 5.38 Å². The molecule has 1 aliphatic heterocycles. The van der Waals surface area contributed by atoms with E-state index >= 15 is 0 Å². The fourth-order valence-electron chi connectivity index (χ4n) is 2.35. The van der Waals surface area contributed by atoms with Gasteiger partial charge in [0.2, 0.25) is 0 Å². The Bertz CT molecular complexity index is 363. The Balaban J connectivity index is 1.79. The number of benzene rings is 1. The number of hydrogen-bond donors (Lipinski definition) is 0. The number of hydrogen-bond acceptors (Lipinski definition) is 3. The van der Waals surface area contributed by atoms with Crippen LogP contribution in [0.5, 0.6) is 0 Å². The van der Waals surface area contributed by atoms with Crippen molar-refractivity contribution in [2.24, 2.45) is 0 Å². The summed E-state index contributed by atoms with van der Waals surface area (Å²) in [7, 11) is 3.83. The second-order valence-electron chi connectivity index (χ2n) is 4.83. The maximum atomic E-state index is 6.18. The smallest absolute Gasteiger partial charge is 0.0696 e. The number of halogens is 1. The molecular weight excluding hydrogens is 266 g/mol. The number of fused-ring (bicyclic) bond motifs is 1. The van der Waals surface area contributed by atoms with Gasteiger partial charge in [0.15, 0.2) is 0 Å². The summed E-state index contributed by atoms with van der Waals surface area (Å²) in [5.74, 6) is 0. The van der Waals surface area contributed by atoms with Crippen LogP contribution < -0.4 is 0 Å². The molecular formula is C14H20ClNOS. The Morgan fingerprint density at radius 2 is 2.28 bits per heavy atom. The maximum Gasteiger partial charge on any atom is 0.0696 e. The Morgan fingerprint density at radius 3 is 3.00 bits per heavy atom. The summed E-state index contributed by atoms with van der Waals surface area (Å²) in [5.41, 5.74) is 1.49. The van der Waals surface area contributed by atoms with Crippen molar-refractivity contribution in [3.63, 3.8) is 0 Å². The molecule has 2 nitrogen and oxygen atoms in total. The van der Waals surface area contributed by atoms with E-state index in [1.807, 2.05) is 11.8 Å². The van der Waals surface area contributed by atoms with Crippen molar-refractivity contribution in [3.8, 4) is 0 Å². The predicted molar refractivity (Wildman–Crippen MR) is 78.8 cm³/mol. The zero-order valence-electron chi connectivity index (χ0n) is 10.9. The minimum Gasteiger partial charge on any atom is -0.383 e. The van der Waals surface area contributed by atoms with Crippen molar-refractivity contribution < 1.29 is 4.74 Å². The first-order chi connectivity index (χ1) is 8.69. The van der Waals surface area contributed by atoms with Crippen LogP contribution in [0.1, 0.15) is 5.56 Å². The highest BCUT2D eigenvalue weighted by molar-refractivity contribution is 8.00. The highest BCUT2D eigenvalue weighted by Gasteiger charge is 2.23. The van der Waals surface area contributed by atoms with Crippen LogP contribution in [0.15, 0.2) is 29.2 Å². The molecule has 0 fully saturated rings. The van der Waals surface area contributed by atoms with Gasteiger partial charge in [0.05, 0.1) is 12.0 Å². The Hall–Kier alpha value is -0.220. The van der Waals surface area contributed by atoms with Crippen molar-refractivity contribution in [2.75, 3.05) is 33.9 Å². The topological polar surface area (TPSA) is 12.5 Å². The number of ether oxygens (including phenoxy) is 1. The fourth-order valence-corrected chi connectivity index (χ4v) is 4.12. The monoisotopic (exact) mass is 285 g/mol. The van der Waals surface area contributed by atoms with Crippen molar-refractivity contribution >= 4 is 23.4 Å². The fraction of sp³-hybridized carbons (Fsp3) is 0.571. The molecule has 0 saturated heterocycles. The van der Waals surface area contributed by atoms with Crippen molar-refractivity contribution in [1.29, 1.82) is 0 Å². The first-order valence-electron chi connectivity index (χ1n) is 6.25. The maximum absolute atomic E-state index is 6.18. The lowest BCUT2D eigenvalue weighted by Gasteiger charge is -2.22. The minimum atomic E-state index is 0.0776. The molecule has 0 radical (unpaired) electrons. The number of nitrogens with zero attached hydrogens (tertiary/aromatic N) is 1. The number of thioether (sulfide) groups is 1. The molecule has 2 rings (SSSR count). The average Bonchev–Trinajstić information content (AvgIpc) is 2.70. The van der Waals surface area contributed by atoms with Gasteiger partial charge in [-0.2, -0.15) is 0 Å². The third kappa shape index (κ3) is 3.89. The van der Waals surface area contributed by atoms with Gasteiger partial charge >= 0.3 is 0 Å². The van der Waals surface area contributed by atoms with E-state index in [1.54, 1.807) is 7.11 Å². The van der Waals surface area contributed by atoms with E-state index in [0.29, 0.717) is 11.9 Å². The quantitative estimate of drug-likeness (QED) is 0.746. The van der Waals surface area contributed by atoms with E-state index < -0.39 is 0 Å². The zero-order chi connectivity index (χ0) is 13.0. The molecule has 100 valence electrons. The van der Waals surface area contributed by atoms with Gasteiger partial charge < -0.3 is 9.64 Å². The van der Waals surface area contributed by atoms with Crippen LogP contribution in [-0.2, 0) is 11.2 Å². The number of alkyl halides is 1. The molecule has 0 aliphatic carbocycles. The summed E-state index contributed by atoms with van der Waals surface area (Å²) in [6, 6.07) is 8.69. The standard InChI is InChI=1S/C14H20ClNOS/c1-16(8-12(15)10-17-2)9-13-7-11-5-3-4-6-14(11)18-13/h3-6,12-13H,7-10H2,1-2H3. The van der Waals surface area contributed by atoms with Crippen LogP contribution in [0, 0.1) is 0 Å². The summed E-state index contributed by atoms with van der Waals surface area (Å²) in [5, 5.41) is 0.729. The normalized spacial score (nSPS) is 20.1. The average molecular weight is 286 g/mol. The second-order valence-corrected chi connectivity index (χ2v) is 6.78. The summed E-state index contributed by atoms with van der Waals surface area (Å²) >= 11 is 8.17. The molecule has 1 aliphatic rings. The third-order valence-corrected chi connectivity index (χ3v) is 4.65. The van der Waals surface area contributed by atoms with Crippen LogP contribution in [0.2, 0.25) is 0 Å². The molecule has 0 saturated carbocycles. The van der Waals surface area contributed by atoms with Gasteiger partial charge in [0, 0.05) is 30.3 Å². The van der Waals surface area contributed by atoms with E-state index in [2.05, 4.69) is 36.2 Å². The Kier molecular flexibility index (Phi) is 5.37. The lowest BCUT2D eigenvalue weighted by Crippen LogP contribution is -2.33. The lowest BCUT2D eigenvalue weighted by atomic mass is 10.1. The molecule has 18 heavy (non-hydrogen) atoms. The minimum absolute atomic E-state index is 0.0776. The van der Waals surface area contributed by atoms with Crippen LogP contribution in [0.25, 0.3) is 0 Å². The molecule has 2 atom stereocenters. The highest BCUT2D eigenvalue weighted by Crippen LogP contribution is 2.36. The molecule has 0 amide bonds. The van der Waals surface area contributed by atoms with Gasteiger partial charge in [-0.25, -0.2) is 0 Å². The van der Waals surface area contributed by atoms with Gasteiger partial charge in [-0.15, -0.1) is 23.4 Å². The van der Waals surface area contributed by atoms with Crippen molar-refractivity contribution in [2.45, 2.75) is 21.9 Å². The Morgan fingerprint density at radius 1 is 1.50 bits per heavy atom. The summed E-state index contributed by atoms with van der Waals surface area (Å²) in [4.78, 5) is 3.75. The zero-order valence-corrected chi connectivity index (χ0v) is 12.5. The molecule has 0 N–H and O–H groups in total. The molecule has 4 heteroatoms. The van der Waals surface area contributed by atoms with Gasteiger partial charge in [0.25, 0.3) is 0 Å². The van der Waals surface area contributed by atoms with E-state index in [0.717, 1.165) is 13.1 Å². The molecule has 1 heterocycles. The lowest BCUT2D eigenvalue weighted by molar-refractivity contribution is 0.182. The van der Waals surface area contributed by atoms with E-state index in [4.69, 9.17) is 16.3 Å². The molecule has 0 spiro atoms. The Labute approximate surface area is 119 Å². The molecule has 1 aromatic rings. The third-order valence-electron chi connectivity index (χ3n) is 3.09. The molecule has 2 unspecified atom stereocenters. The summed E-state index contributed by atoms with van der Waals surface area (Å²) in [6.45, 7) is 2.57. The van der Waals surface area contributed by atoms with Crippen molar-refractivity contribution in [3.05, 3.63) is 29.8 Å². The van der Waals surface area contributed by atoms with Crippen molar-refractivity contribution in [1.82, 2.24) is 4.90 Å². The van der Waals surface area contributed by atoms with Gasteiger partial charge in [-0.3, -0.25) is 0 Å². The van der Waals surface area contributed by atoms with Crippen LogP contribution >= 0.6 is 23.4 Å². The van der Waals surface area contributed by atoms with Gasteiger partial charge in [0.1, 0.15) is 0 Å². The highest BCUT2D eigenvalue weighted by atomic mass is 35.5. The van der Waals surface area contributed by atoms with Gasteiger partial charge in [-0.05, 0) is 25.1 Å². The molecule has 0 bridgehead atoms. The predicted octanol–water partition coefficient (Wildman–Crippen LogP) is 2.89. The number of rotatable bonds is 6. The summed E-state index contributed by atoms with van der Waals surface area (Å²) < 4.78 is 5.06. The van der Waals surface area contributed by atoms with Gasteiger partial charge in [-0.1, -0.05) is 18.2 Å². The first-order valence-corrected chi connectivity index (χ1v) is 7.56. The molecule has 0 aromatic heterocycles. The molecule has 1 aromatic carbocycles. The SMILES string of the molecule is COCC(Cl)CN(C)CC1Cc2ccccc2S1. The number of methoxy groups -OCH3 is 1. The van der Waals surface area contributed by atoms with Crippen LogP contribution in [0.4, 0.5) is 0 Å². The first kappa shape index (κ1) is 14.2. The van der Waals surface area contributed by atoms with E-state index in [9.17, 15) is 0 Å². The van der Waals surface area contributed by atoms with Crippen LogP contribution in [0.3, 0.4) is 0 Å². The summed E-state index contributed by atoms with van der Waals surface area (Å²) in [6.07, 6.45) is 1.17. The van der Waals surface area contributed by atoms with Crippen LogP contribution in [-0.4, -0.2) is 49.4 Å². The van der Waals surface area contributed by atoms with E-state index in [1.165, 1.54) is 16.9 Å². The second kappa shape index (κ2) is 6.80.